The number of hydrogen-bond acceptors (Lipinski definition) is 4. The number of carboxylic acids is 1. The number of rotatable bonds is 4. The normalized spacial score (nSPS) is 10.7. The Balaban J connectivity index is 2.36. The topological polar surface area (TPSA) is 84.2 Å². The van der Waals surface area contributed by atoms with Crippen LogP contribution < -0.4 is 5.32 Å². The molecule has 0 atom stereocenters. The number of anilines is 1. The van der Waals surface area contributed by atoms with Crippen molar-refractivity contribution in [2.45, 2.75) is 34.2 Å². The van der Waals surface area contributed by atoms with E-state index in [1.54, 1.807) is 17.7 Å². The smallest absolute Gasteiger partial charge is 0.338 e. The minimum absolute atomic E-state index is 0.158. The number of hydrogen-bond donors (Lipinski definition) is 2. The summed E-state index contributed by atoms with van der Waals surface area (Å²) in [4.78, 5) is 24.6. The molecule has 0 unspecified atom stereocenters. The molecule has 6 nitrogen and oxygen atoms in total. The third-order valence-electron chi connectivity index (χ3n) is 3.26. The van der Waals surface area contributed by atoms with E-state index in [0.717, 1.165) is 10.6 Å². The molecule has 1 amide bonds. The Labute approximate surface area is 126 Å². The average molecular weight is 307 g/mol. The molecule has 2 rings (SSSR count). The zero-order chi connectivity index (χ0) is 15.7. The number of aromatic nitrogens is 2. The van der Waals surface area contributed by atoms with Gasteiger partial charge in [0.1, 0.15) is 10.7 Å². The second kappa shape index (κ2) is 5.69. The molecule has 0 fully saturated rings. The molecule has 0 aliphatic heterocycles. The van der Waals surface area contributed by atoms with Crippen LogP contribution in [0.4, 0.5) is 5.00 Å². The van der Waals surface area contributed by atoms with Crippen LogP contribution in [0.2, 0.25) is 0 Å². The summed E-state index contributed by atoms with van der Waals surface area (Å²) in [6.45, 7) is 7.86. The molecule has 21 heavy (non-hydrogen) atoms. The third-order valence-corrected chi connectivity index (χ3v) is 4.38. The lowest BCUT2D eigenvalue weighted by Gasteiger charge is -2.06. The Morgan fingerprint density at radius 1 is 1.38 bits per heavy atom. The zero-order valence-electron chi connectivity index (χ0n) is 12.4. The Bertz CT molecular complexity index is 715. The van der Waals surface area contributed by atoms with Crippen LogP contribution in [0.3, 0.4) is 0 Å². The van der Waals surface area contributed by atoms with Crippen LogP contribution in [-0.2, 0) is 6.54 Å². The fraction of sp³-hybridized carbons (Fsp3) is 0.357. The summed E-state index contributed by atoms with van der Waals surface area (Å²) in [7, 11) is 0. The van der Waals surface area contributed by atoms with Gasteiger partial charge in [0.2, 0.25) is 0 Å². The zero-order valence-corrected chi connectivity index (χ0v) is 13.2. The van der Waals surface area contributed by atoms with Crippen molar-refractivity contribution in [1.82, 2.24) is 9.78 Å². The minimum Gasteiger partial charge on any atom is -0.478 e. The predicted octanol–water partition coefficient (Wildman–Crippen LogP) is 2.84. The molecule has 0 aliphatic rings. The van der Waals surface area contributed by atoms with Gasteiger partial charge in [-0.15, -0.1) is 11.3 Å². The molecule has 0 radical (unpaired) electrons. The summed E-state index contributed by atoms with van der Waals surface area (Å²) in [6, 6.07) is 1.69. The molecule has 7 heteroatoms. The van der Waals surface area contributed by atoms with Gasteiger partial charge in [-0.2, -0.15) is 5.10 Å². The number of aromatic carboxylic acids is 1. The highest BCUT2D eigenvalue weighted by Gasteiger charge is 2.22. The Kier molecular flexibility index (Phi) is 4.13. The Hall–Kier alpha value is -2.15. The number of carbonyl (C=O) groups is 2. The molecule has 0 spiro atoms. The van der Waals surface area contributed by atoms with Crippen LogP contribution >= 0.6 is 11.3 Å². The molecule has 112 valence electrons. The summed E-state index contributed by atoms with van der Waals surface area (Å²) in [5, 5.41) is 16.6. The summed E-state index contributed by atoms with van der Waals surface area (Å²) in [6.07, 6.45) is 0. The minimum atomic E-state index is -1.03. The van der Waals surface area contributed by atoms with Crippen molar-refractivity contribution in [1.29, 1.82) is 0 Å². The summed E-state index contributed by atoms with van der Waals surface area (Å²) in [5.74, 6) is -1.38. The molecule has 0 aliphatic carbocycles. The van der Waals surface area contributed by atoms with Gasteiger partial charge < -0.3 is 10.4 Å². The molecule has 2 aromatic rings. The molecular weight excluding hydrogens is 290 g/mol. The maximum absolute atomic E-state index is 12.3. The van der Waals surface area contributed by atoms with Crippen molar-refractivity contribution >= 4 is 28.2 Å². The van der Waals surface area contributed by atoms with Crippen LogP contribution in [-0.4, -0.2) is 26.8 Å². The van der Waals surface area contributed by atoms with Crippen LogP contribution in [0.25, 0.3) is 0 Å². The van der Waals surface area contributed by atoms with Gasteiger partial charge in [-0.1, -0.05) is 0 Å². The fourth-order valence-corrected chi connectivity index (χ4v) is 3.16. The highest BCUT2D eigenvalue weighted by molar-refractivity contribution is 7.16. The van der Waals surface area contributed by atoms with E-state index in [2.05, 4.69) is 10.4 Å². The predicted molar refractivity (Wildman–Crippen MR) is 81.3 cm³/mol. The maximum Gasteiger partial charge on any atom is 0.338 e. The largest absolute Gasteiger partial charge is 0.478 e. The number of amides is 1. The van der Waals surface area contributed by atoms with E-state index in [0.29, 0.717) is 22.8 Å². The van der Waals surface area contributed by atoms with Crippen LogP contribution in [0, 0.1) is 20.8 Å². The maximum atomic E-state index is 12.3. The SMILES string of the molecule is CCn1nc(C)cc1C(=O)Nc1sc(C)c(C)c1C(=O)O. The number of nitrogens with zero attached hydrogens (tertiary/aromatic N) is 2. The first kappa shape index (κ1) is 15.2. The first-order valence-electron chi connectivity index (χ1n) is 6.54. The van der Waals surface area contributed by atoms with Gasteiger partial charge in [-0.05, 0) is 39.3 Å². The molecule has 2 N–H and O–H groups in total. The number of thiophene rings is 1. The van der Waals surface area contributed by atoms with Crippen molar-refractivity contribution in [2.75, 3.05) is 5.32 Å². The lowest BCUT2D eigenvalue weighted by atomic mass is 10.1. The van der Waals surface area contributed by atoms with Crippen molar-refractivity contribution in [3.05, 3.63) is 33.5 Å². The van der Waals surface area contributed by atoms with Crippen LogP contribution in [0.5, 0.6) is 0 Å². The molecule has 0 aromatic carbocycles. The Morgan fingerprint density at radius 3 is 2.62 bits per heavy atom. The average Bonchev–Trinajstić information content (AvgIpc) is 2.91. The molecular formula is C14H17N3O3S. The lowest BCUT2D eigenvalue weighted by molar-refractivity contribution is 0.0697. The van der Waals surface area contributed by atoms with Gasteiger partial charge in [-0.25, -0.2) is 4.79 Å². The highest BCUT2D eigenvalue weighted by atomic mass is 32.1. The highest BCUT2D eigenvalue weighted by Crippen LogP contribution is 2.32. The standard InChI is InChI=1S/C14H17N3O3S/c1-5-17-10(6-7(2)16-17)12(18)15-13-11(14(19)20)8(3)9(4)21-13/h6H,5H2,1-4H3,(H,15,18)(H,19,20). The van der Waals surface area contributed by atoms with E-state index in [1.807, 2.05) is 20.8 Å². The number of carbonyl (C=O) groups excluding carboxylic acids is 1. The van der Waals surface area contributed by atoms with E-state index in [9.17, 15) is 14.7 Å². The number of nitrogens with one attached hydrogen (secondary N) is 1. The van der Waals surface area contributed by atoms with Crippen LogP contribution in [0.15, 0.2) is 6.07 Å². The third kappa shape index (κ3) is 2.82. The molecule has 0 saturated heterocycles. The van der Waals surface area contributed by atoms with E-state index < -0.39 is 5.97 Å². The summed E-state index contributed by atoms with van der Waals surface area (Å²) in [5.41, 5.74) is 2.02. The van der Waals surface area contributed by atoms with Crippen molar-refractivity contribution < 1.29 is 14.7 Å². The number of aryl methyl sites for hydroxylation is 3. The van der Waals surface area contributed by atoms with Gasteiger partial charge in [-0.3, -0.25) is 9.48 Å². The number of carboxylic acid groups (broad SMARTS) is 1. The summed E-state index contributed by atoms with van der Waals surface area (Å²) < 4.78 is 1.60. The molecule has 0 bridgehead atoms. The first-order chi connectivity index (χ1) is 9.85. The molecule has 0 saturated carbocycles. The summed E-state index contributed by atoms with van der Waals surface area (Å²) >= 11 is 1.27. The molecule has 2 heterocycles. The van der Waals surface area contributed by atoms with Gasteiger partial charge in [0, 0.05) is 11.4 Å². The van der Waals surface area contributed by atoms with E-state index in [1.165, 1.54) is 11.3 Å². The quantitative estimate of drug-likeness (QED) is 0.909. The molecule has 2 aromatic heterocycles. The van der Waals surface area contributed by atoms with Gasteiger partial charge in [0.05, 0.1) is 11.3 Å². The fourth-order valence-electron chi connectivity index (χ4n) is 2.11. The second-order valence-electron chi connectivity index (χ2n) is 4.73. The van der Waals surface area contributed by atoms with E-state index in [4.69, 9.17) is 0 Å². The van der Waals surface area contributed by atoms with Crippen molar-refractivity contribution in [3.8, 4) is 0 Å². The second-order valence-corrected chi connectivity index (χ2v) is 5.96. The van der Waals surface area contributed by atoms with Gasteiger partial charge in [0.15, 0.2) is 0 Å². The van der Waals surface area contributed by atoms with Crippen LogP contribution in [0.1, 0.15) is 43.9 Å². The first-order valence-corrected chi connectivity index (χ1v) is 7.35. The van der Waals surface area contributed by atoms with Gasteiger partial charge in [0.25, 0.3) is 5.91 Å². The van der Waals surface area contributed by atoms with Crippen molar-refractivity contribution in [2.24, 2.45) is 0 Å². The van der Waals surface area contributed by atoms with E-state index in [-0.39, 0.29) is 11.5 Å². The van der Waals surface area contributed by atoms with Crippen molar-refractivity contribution in [3.63, 3.8) is 0 Å². The monoisotopic (exact) mass is 307 g/mol. The van der Waals surface area contributed by atoms with E-state index >= 15 is 0 Å². The van der Waals surface area contributed by atoms with Gasteiger partial charge >= 0.3 is 5.97 Å². The lowest BCUT2D eigenvalue weighted by Crippen LogP contribution is -2.18. The Morgan fingerprint density at radius 2 is 2.05 bits per heavy atom.